The predicted octanol–water partition coefficient (Wildman–Crippen LogP) is 1.61. The van der Waals surface area contributed by atoms with Gasteiger partial charge in [0.05, 0.1) is 6.54 Å². The average Bonchev–Trinajstić information content (AvgIpc) is 2.71. The maximum atomic E-state index is 11.5. The highest BCUT2D eigenvalue weighted by atomic mass is 16.1. The van der Waals surface area contributed by atoms with Crippen molar-refractivity contribution >= 4 is 12.6 Å². The fraction of sp³-hybridized carbons (Fsp3) is 0.200. The molecule has 0 aromatic carbocycles. The summed E-state index contributed by atoms with van der Waals surface area (Å²) in [6, 6.07) is 0. The van der Waals surface area contributed by atoms with Gasteiger partial charge in [0, 0.05) is 20.0 Å². The lowest BCUT2D eigenvalue weighted by atomic mass is 10.2. The summed E-state index contributed by atoms with van der Waals surface area (Å²) in [5, 5.41) is 7.87. The maximum Gasteiger partial charge on any atom is 0.261 e. The standard InChI is InChI=1S/C15H17N3O/c1-4-14(15(19)16-2)12-18(17-3)11-13-9-7-5-6-8-10-13/h1,5,7-10,12H,3,6,11H2,2H3,(H,16,19)/b14-12+. The van der Waals surface area contributed by atoms with E-state index in [2.05, 4.69) is 35.2 Å². The Labute approximate surface area is 113 Å². The number of allylic oxidation sites excluding steroid dienone is 4. The number of terminal acetylenes is 1. The zero-order valence-electron chi connectivity index (χ0n) is 11.0. The van der Waals surface area contributed by atoms with E-state index in [1.807, 2.05) is 18.2 Å². The van der Waals surface area contributed by atoms with Crippen LogP contribution in [0.1, 0.15) is 6.42 Å². The van der Waals surface area contributed by atoms with Crippen molar-refractivity contribution in [2.75, 3.05) is 13.6 Å². The van der Waals surface area contributed by atoms with Gasteiger partial charge in [-0.2, -0.15) is 5.10 Å². The van der Waals surface area contributed by atoms with Crippen LogP contribution in [0.2, 0.25) is 0 Å². The van der Waals surface area contributed by atoms with E-state index in [1.165, 1.54) is 13.2 Å². The molecule has 0 saturated heterocycles. The lowest BCUT2D eigenvalue weighted by Gasteiger charge is -2.15. The highest BCUT2D eigenvalue weighted by Gasteiger charge is 2.07. The summed E-state index contributed by atoms with van der Waals surface area (Å²) < 4.78 is 0. The van der Waals surface area contributed by atoms with Crippen molar-refractivity contribution < 1.29 is 4.79 Å². The lowest BCUT2D eigenvalue weighted by molar-refractivity contribution is -0.116. The summed E-state index contributed by atoms with van der Waals surface area (Å²) in [5.41, 5.74) is 1.27. The van der Waals surface area contributed by atoms with Gasteiger partial charge in [-0.05, 0) is 12.0 Å². The third-order valence-electron chi connectivity index (χ3n) is 2.48. The van der Waals surface area contributed by atoms with E-state index in [-0.39, 0.29) is 11.5 Å². The number of carbonyl (C=O) groups is 1. The minimum atomic E-state index is -0.318. The van der Waals surface area contributed by atoms with Gasteiger partial charge in [0.2, 0.25) is 0 Å². The molecule has 4 heteroatoms. The van der Waals surface area contributed by atoms with Crippen LogP contribution in [0.25, 0.3) is 0 Å². The molecule has 0 bridgehead atoms. The van der Waals surface area contributed by atoms with Crippen molar-refractivity contribution in [3.05, 3.63) is 47.7 Å². The van der Waals surface area contributed by atoms with Crippen molar-refractivity contribution in [2.45, 2.75) is 6.42 Å². The number of hydrogen-bond acceptors (Lipinski definition) is 3. The van der Waals surface area contributed by atoms with E-state index in [4.69, 9.17) is 6.42 Å². The Morgan fingerprint density at radius 1 is 1.68 bits per heavy atom. The Bertz CT molecular complexity index is 504. The first kappa shape index (κ1) is 14.5. The monoisotopic (exact) mass is 255 g/mol. The summed E-state index contributed by atoms with van der Waals surface area (Å²) in [6.45, 7) is 3.99. The van der Waals surface area contributed by atoms with Crippen LogP contribution in [0, 0.1) is 12.3 Å². The van der Waals surface area contributed by atoms with E-state index in [0.29, 0.717) is 6.54 Å². The molecule has 1 rings (SSSR count). The van der Waals surface area contributed by atoms with Gasteiger partial charge in [-0.25, -0.2) is 0 Å². The molecule has 1 N–H and O–H groups in total. The Hall–Kier alpha value is -2.54. The molecule has 0 spiro atoms. The van der Waals surface area contributed by atoms with E-state index < -0.39 is 0 Å². The van der Waals surface area contributed by atoms with Crippen LogP contribution >= 0.6 is 0 Å². The Morgan fingerprint density at radius 2 is 2.47 bits per heavy atom. The van der Waals surface area contributed by atoms with Crippen LogP contribution in [0.4, 0.5) is 0 Å². The van der Waals surface area contributed by atoms with Crippen LogP contribution in [0.3, 0.4) is 0 Å². The fourth-order valence-corrected chi connectivity index (χ4v) is 1.50. The Kier molecular flexibility index (Phi) is 5.90. The number of likely N-dealkylation sites (N-methyl/N-ethyl adjacent to an activating group) is 1. The molecule has 0 fully saturated rings. The largest absolute Gasteiger partial charge is 0.355 e. The minimum Gasteiger partial charge on any atom is -0.355 e. The third kappa shape index (κ3) is 4.68. The van der Waals surface area contributed by atoms with E-state index in [9.17, 15) is 4.79 Å². The molecule has 1 aliphatic carbocycles. The van der Waals surface area contributed by atoms with Crippen molar-refractivity contribution in [2.24, 2.45) is 5.10 Å². The molecule has 0 aromatic heterocycles. The zero-order valence-corrected chi connectivity index (χ0v) is 11.0. The van der Waals surface area contributed by atoms with Crippen LogP contribution < -0.4 is 5.32 Å². The summed E-state index contributed by atoms with van der Waals surface area (Å²) in [7, 11) is 1.53. The molecule has 0 saturated carbocycles. The van der Waals surface area contributed by atoms with Gasteiger partial charge in [0.25, 0.3) is 5.91 Å². The maximum absolute atomic E-state index is 11.5. The second kappa shape index (κ2) is 7.72. The van der Waals surface area contributed by atoms with Gasteiger partial charge in [0.15, 0.2) is 0 Å². The third-order valence-corrected chi connectivity index (χ3v) is 2.48. The SMILES string of the molecule is C#C/C(=C\N(CC1=CC=CCC=C1)N=C)C(=O)NC. The van der Waals surface area contributed by atoms with Gasteiger partial charge in [-0.1, -0.05) is 36.3 Å². The summed E-state index contributed by atoms with van der Waals surface area (Å²) in [6.07, 6.45) is 17.8. The number of hydrogen-bond donors (Lipinski definition) is 1. The van der Waals surface area contributed by atoms with Gasteiger partial charge < -0.3 is 5.32 Å². The lowest BCUT2D eigenvalue weighted by Crippen LogP contribution is -2.22. The average molecular weight is 255 g/mol. The minimum absolute atomic E-state index is 0.212. The Balaban J connectivity index is 2.84. The first-order valence-corrected chi connectivity index (χ1v) is 5.87. The first-order chi connectivity index (χ1) is 9.21. The molecule has 0 heterocycles. The number of rotatable bonds is 5. The summed E-state index contributed by atoms with van der Waals surface area (Å²) in [4.78, 5) is 11.5. The normalized spacial score (nSPS) is 14.1. The molecular weight excluding hydrogens is 238 g/mol. The number of nitrogens with one attached hydrogen (secondary N) is 1. The number of hydrazone groups is 1. The van der Waals surface area contributed by atoms with Crippen molar-refractivity contribution in [1.29, 1.82) is 0 Å². The van der Waals surface area contributed by atoms with Gasteiger partial charge in [-0.15, -0.1) is 6.42 Å². The van der Waals surface area contributed by atoms with Crippen LogP contribution in [0.15, 0.2) is 52.8 Å². The molecule has 0 aromatic rings. The Morgan fingerprint density at radius 3 is 3.11 bits per heavy atom. The molecule has 0 atom stereocenters. The molecule has 0 unspecified atom stereocenters. The first-order valence-electron chi connectivity index (χ1n) is 5.87. The molecule has 19 heavy (non-hydrogen) atoms. The zero-order chi connectivity index (χ0) is 14.1. The number of nitrogens with zero attached hydrogens (tertiary/aromatic N) is 2. The molecule has 0 radical (unpaired) electrons. The summed E-state index contributed by atoms with van der Waals surface area (Å²) >= 11 is 0. The molecule has 1 amide bonds. The number of amides is 1. The molecule has 1 aliphatic rings. The smallest absolute Gasteiger partial charge is 0.261 e. The molecule has 98 valence electrons. The number of carbonyl (C=O) groups excluding carboxylic acids is 1. The topological polar surface area (TPSA) is 44.7 Å². The highest BCUT2D eigenvalue weighted by molar-refractivity contribution is 5.97. The van der Waals surface area contributed by atoms with Crippen molar-refractivity contribution in [3.8, 4) is 12.3 Å². The van der Waals surface area contributed by atoms with Crippen LogP contribution in [-0.4, -0.2) is 31.2 Å². The molecular formula is C15H17N3O. The predicted molar refractivity (Wildman–Crippen MR) is 78.2 cm³/mol. The summed E-state index contributed by atoms with van der Waals surface area (Å²) in [5.74, 6) is 2.02. The van der Waals surface area contributed by atoms with Crippen LogP contribution in [0.5, 0.6) is 0 Å². The van der Waals surface area contributed by atoms with Crippen molar-refractivity contribution in [3.63, 3.8) is 0 Å². The molecule has 4 nitrogen and oxygen atoms in total. The quantitative estimate of drug-likeness (QED) is 0.351. The van der Waals surface area contributed by atoms with E-state index in [0.717, 1.165) is 12.0 Å². The van der Waals surface area contributed by atoms with E-state index in [1.54, 1.807) is 5.01 Å². The second-order valence-corrected chi connectivity index (χ2v) is 3.81. The second-order valence-electron chi connectivity index (χ2n) is 3.81. The van der Waals surface area contributed by atoms with Gasteiger partial charge in [0.1, 0.15) is 5.57 Å². The fourth-order valence-electron chi connectivity index (χ4n) is 1.50. The van der Waals surface area contributed by atoms with Gasteiger partial charge in [-0.3, -0.25) is 9.80 Å². The van der Waals surface area contributed by atoms with Crippen LogP contribution in [-0.2, 0) is 4.79 Å². The van der Waals surface area contributed by atoms with E-state index >= 15 is 0 Å². The van der Waals surface area contributed by atoms with Crippen molar-refractivity contribution in [1.82, 2.24) is 10.3 Å². The van der Waals surface area contributed by atoms with Gasteiger partial charge >= 0.3 is 0 Å². The highest BCUT2D eigenvalue weighted by Crippen LogP contribution is 2.09. The molecule has 0 aliphatic heterocycles.